The zero-order valence-electron chi connectivity index (χ0n) is 7.93. The molecule has 0 aromatic heterocycles. The molecule has 0 saturated carbocycles. The van der Waals surface area contributed by atoms with Gasteiger partial charge in [0.15, 0.2) is 0 Å². The summed E-state index contributed by atoms with van der Waals surface area (Å²) in [5.74, 6) is 0.316. The highest BCUT2D eigenvalue weighted by Crippen LogP contribution is 1.98. The molecule has 0 aromatic carbocycles. The van der Waals surface area contributed by atoms with E-state index >= 15 is 0 Å². The van der Waals surface area contributed by atoms with Gasteiger partial charge in [-0.05, 0) is 18.9 Å². The molecule has 11 heavy (non-hydrogen) atoms. The lowest BCUT2D eigenvalue weighted by Crippen LogP contribution is -2.33. The first-order chi connectivity index (χ1) is 5.18. The first-order valence-electron chi connectivity index (χ1n) is 4.60. The summed E-state index contributed by atoms with van der Waals surface area (Å²) < 4.78 is 0. The second-order valence-corrected chi connectivity index (χ2v) is 3.35. The Labute approximate surface area is 70.0 Å². The van der Waals surface area contributed by atoms with Gasteiger partial charge in [0.25, 0.3) is 0 Å². The third-order valence-corrected chi connectivity index (χ3v) is 1.77. The van der Waals surface area contributed by atoms with Crippen molar-refractivity contribution in [3.8, 4) is 0 Å². The van der Waals surface area contributed by atoms with Crippen molar-refractivity contribution in [2.24, 2.45) is 5.92 Å². The zero-order valence-corrected chi connectivity index (χ0v) is 7.93. The fraction of sp³-hybridized carbons (Fsp3) is 1.00. The Hall–Kier alpha value is -0.0800. The minimum atomic E-state index is -0.327. The van der Waals surface area contributed by atoms with E-state index in [4.69, 9.17) is 0 Å². The molecule has 0 aliphatic carbocycles. The van der Waals surface area contributed by atoms with E-state index in [1.54, 1.807) is 0 Å². The number of rotatable bonds is 6. The molecule has 0 saturated heterocycles. The standard InChI is InChI=1S/C9H21NO/c1-4-5-6-7-10-9(11)8(2)3/h8-11H,4-7H2,1-3H3. The molecule has 0 bridgehead atoms. The SMILES string of the molecule is CCCCCNC(O)C(C)C. The van der Waals surface area contributed by atoms with Gasteiger partial charge in [-0.25, -0.2) is 0 Å². The van der Waals surface area contributed by atoms with Crippen LogP contribution in [0, 0.1) is 5.92 Å². The average Bonchev–Trinajstić information content (AvgIpc) is 1.97. The van der Waals surface area contributed by atoms with Crippen molar-refractivity contribution < 1.29 is 5.11 Å². The number of hydrogen-bond donors (Lipinski definition) is 2. The van der Waals surface area contributed by atoms with E-state index in [9.17, 15) is 5.11 Å². The zero-order chi connectivity index (χ0) is 8.69. The first kappa shape index (κ1) is 10.9. The van der Waals surface area contributed by atoms with E-state index in [0.717, 1.165) is 6.54 Å². The number of unbranched alkanes of at least 4 members (excludes halogenated alkanes) is 2. The maximum Gasteiger partial charge on any atom is 0.107 e. The van der Waals surface area contributed by atoms with Gasteiger partial charge in [-0.1, -0.05) is 33.6 Å². The molecule has 0 radical (unpaired) electrons. The summed E-state index contributed by atoms with van der Waals surface area (Å²) in [5, 5.41) is 12.4. The number of aliphatic hydroxyl groups excluding tert-OH is 1. The third kappa shape index (κ3) is 6.32. The second-order valence-electron chi connectivity index (χ2n) is 3.35. The molecular weight excluding hydrogens is 138 g/mol. The van der Waals surface area contributed by atoms with Crippen LogP contribution in [0.4, 0.5) is 0 Å². The summed E-state index contributed by atoms with van der Waals surface area (Å²) in [4.78, 5) is 0. The lowest BCUT2D eigenvalue weighted by atomic mass is 10.2. The molecule has 0 aromatic rings. The number of hydrogen-bond acceptors (Lipinski definition) is 2. The molecule has 0 spiro atoms. The lowest BCUT2D eigenvalue weighted by molar-refractivity contribution is 0.0904. The predicted octanol–water partition coefficient (Wildman–Crippen LogP) is 1.74. The Morgan fingerprint density at radius 3 is 2.36 bits per heavy atom. The molecule has 1 unspecified atom stereocenters. The summed E-state index contributed by atoms with van der Waals surface area (Å²) in [5.41, 5.74) is 0. The highest BCUT2D eigenvalue weighted by molar-refractivity contribution is 4.56. The van der Waals surface area contributed by atoms with Crippen LogP contribution in [-0.2, 0) is 0 Å². The highest BCUT2D eigenvalue weighted by Gasteiger charge is 2.05. The minimum absolute atomic E-state index is 0.316. The molecular formula is C9H21NO. The Kier molecular flexibility index (Phi) is 6.57. The van der Waals surface area contributed by atoms with E-state index in [0.29, 0.717) is 5.92 Å². The van der Waals surface area contributed by atoms with Crippen molar-refractivity contribution in [1.29, 1.82) is 0 Å². The molecule has 2 N–H and O–H groups in total. The van der Waals surface area contributed by atoms with Crippen molar-refractivity contribution in [1.82, 2.24) is 5.32 Å². The molecule has 1 atom stereocenters. The van der Waals surface area contributed by atoms with Crippen LogP contribution in [0.3, 0.4) is 0 Å². The molecule has 0 rings (SSSR count). The first-order valence-corrected chi connectivity index (χ1v) is 4.60. The van der Waals surface area contributed by atoms with E-state index in [-0.39, 0.29) is 6.23 Å². The average molecular weight is 159 g/mol. The number of nitrogens with one attached hydrogen (secondary N) is 1. The van der Waals surface area contributed by atoms with Crippen molar-refractivity contribution in [2.45, 2.75) is 46.3 Å². The summed E-state index contributed by atoms with van der Waals surface area (Å²) in [7, 11) is 0. The van der Waals surface area contributed by atoms with Crippen LogP contribution < -0.4 is 5.32 Å². The Bertz CT molecular complexity index is 83.6. The molecule has 2 nitrogen and oxygen atoms in total. The molecule has 68 valence electrons. The Balaban J connectivity index is 3.10. The highest BCUT2D eigenvalue weighted by atomic mass is 16.3. The van der Waals surface area contributed by atoms with Crippen molar-refractivity contribution in [3.63, 3.8) is 0 Å². The van der Waals surface area contributed by atoms with Gasteiger partial charge in [-0.2, -0.15) is 0 Å². The quantitative estimate of drug-likeness (QED) is 0.457. The Morgan fingerprint density at radius 2 is 1.91 bits per heavy atom. The fourth-order valence-corrected chi connectivity index (χ4v) is 0.861. The number of aliphatic hydroxyl groups is 1. The smallest absolute Gasteiger partial charge is 0.107 e. The van der Waals surface area contributed by atoms with Crippen molar-refractivity contribution in [3.05, 3.63) is 0 Å². The van der Waals surface area contributed by atoms with Gasteiger partial charge in [0.05, 0.1) is 0 Å². The van der Waals surface area contributed by atoms with Crippen LogP contribution in [0.5, 0.6) is 0 Å². The van der Waals surface area contributed by atoms with E-state index < -0.39 is 0 Å². The van der Waals surface area contributed by atoms with Gasteiger partial charge in [0.1, 0.15) is 6.23 Å². The molecule has 0 heterocycles. The summed E-state index contributed by atoms with van der Waals surface area (Å²) in [6, 6.07) is 0. The summed E-state index contributed by atoms with van der Waals surface area (Å²) in [6.07, 6.45) is 3.32. The maximum atomic E-state index is 9.31. The molecule has 0 aliphatic heterocycles. The summed E-state index contributed by atoms with van der Waals surface area (Å²) in [6.45, 7) is 7.14. The van der Waals surface area contributed by atoms with Gasteiger partial charge >= 0.3 is 0 Å². The van der Waals surface area contributed by atoms with Crippen molar-refractivity contribution >= 4 is 0 Å². The van der Waals surface area contributed by atoms with Crippen LogP contribution in [0.25, 0.3) is 0 Å². The second kappa shape index (κ2) is 6.62. The van der Waals surface area contributed by atoms with Crippen LogP contribution >= 0.6 is 0 Å². The van der Waals surface area contributed by atoms with Crippen LogP contribution in [0.2, 0.25) is 0 Å². The topological polar surface area (TPSA) is 32.3 Å². The van der Waals surface area contributed by atoms with Gasteiger partial charge in [0.2, 0.25) is 0 Å². The third-order valence-electron chi connectivity index (χ3n) is 1.77. The minimum Gasteiger partial charge on any atom is -0.378 e. The summed E-state index contributed by atoms with van der Waals surface area (Å²) >= 11 is 0. The Morgan fingerprint density at radius 1 is 1.27 bits per heavy atom. The normalized spacial score (nSPS) is 13.9. The monoisotopic (exact) mass is 159 g/mol. The van der Waals surface area contributed by atoms with Crippen LogP contribution in [0.1, 0.15) is 40.0 Å². The van der Waals surface area contributed by atoms with Gasteiger partial charge in [-0.3, -0.25) is 5.32 Å². The van der Waals surface area contributed by atoms with E-state index in [2.05, 4.69) is 12.2 Å². The van der Waals surface area contributed by atoms with Gasteiger partial charge < -0.3 is 5.11 Å². The van der Waals surface area contributed by atoms with Gasteiger partial charge in [-0.15, -0.1) is 0 Å². The van der Waals surface area contributed by atoms with Gasteiger partial charge in [0, 0.05) is 0 Å². The largest absolute Gasteiger partial charge is 0.378 e. The molecule has 0 aliphatic rings. The maximum absolute atomic E-state index is 9.31. The predicted molar refractivity (Wildman–Crippen MR) is 48.4 cm³/mol. The van der Waals surface area contributed by atoms with Crippen LogP contribution in [0.15, 0.2) is 0 Å². The molecule has 2 heteroatoms. The van der Waals surface area contributed by atoms with Crippen molar-refractivity contribution in [2.75, 3.05) is 6.54 Å². The van der Waals surface area contributed by atoms with E-state index in [1.165, 1.54) is 19.3 Å². The van der Waals surface area contributed by atoms with Crippen LogP contribution in [-0.4, -0.2) is 17.9 Å². The molecule has 0 fully saturated rings. The molecule has 0 amide bonds. The fourth-order valence-electron chi connectivity index (χ4n) is 0.861. The lowest BCUT2D eigenvalue weighted by Gasteiger charge is -2.15. The van der Waals surface area contributed by atoms with E-state index in [1.807, 2.05) is 13.8 Å².